The zero-order chi connectivity index (χ0) is 19.4. The maximum Gasteiger partial charge on any atom is 0.337 e. The lowest BCUT2D eigenvalue weighted by atomic mass is 9.99. The minimum absolute atomic E-state index is 0.144. The number of aromatic carboxylic acids is 4. The minimum atomic E-state index is -1.51. The summed E-state index contributed by atoms with van der Waals surface area (Å²) in [4.78, 5) is 45.1. The van der Waals surface area contributed by atoms with Gasteiger partial charge in [0.2, 0.25) is 0 Å². The van der Waals surface area contributed by atoms with E-state index in [1.807, 2.05) is 0 Å². The molecule has 0 amide bonds. The molecule has 0 aromatic heterocycles. The fraction of sp³-hybridized carbons (Fsp3) is 0. The van der Waals surface area contributed by atoms with Gasteiger partial charge in [0.1, 0.15) is 0 Å². The average Bonchev–Trinajstić information content (AvgIpc) is 2.58. The van der Waals surface area contributed by atoms with Crippen LogP contribution in [0.1, 0.15) is 52.6 Å². The Morgan fingerprint density at radius 1 is 0.577 bits per heavy atom. The molecule has 0 heterocycles. The molecule has 130 valence electrons. The van der Waals surface area contributed by atoms with Gasteiger partial charge in [0, 0.05) is 11.1 Å². The predicted molar refractivity (Wildman–Crippen MR) is 86.7 cm³/mol. The molecule has 0 bridgehead atoms. The molecule has 0 unspecified atom stereocenters. The third-order valence-corrected chi connectivity index (χ3v) is 3.35. The Morgan fingerprint density at radius 3 is 1.19 bits per heavy atom. The topological polar surface area (TPSA) is 149 Å². The molecule has 0 saturated carbocycles. The summed E-state index contributed by atoms with van der Waals surface area (Å²) in [6, 6.07) is 7.33. The number of carboxylic acid groups (broad SMARTS) is 4. The molecule has 0 aliphatic carbocycles. The molecule has 8 nitrogen and oxygen atoms in total. The van der Waals surface area contributed by atoms with Crippen LogP contribution in [0.25, 0.3) is 0 Å². The lowest BCUT2D eigenvalue weighted by Crippen LogP contribution is -2.11. The van der Waals surface area contributed by atoms with E-state index in [0.29, 0.717) is 0 Å². The van der Waals surface area contributed by atoms with Crippen LogP contribution >= 0.6 is 0 Å². The lowest BCUT2D eigenvalue weighted by molar-refractivity contribution is 0.0651. The second-order valence-corrected chi connectivity index (χ2v) is 4.93. The van der Waals surface area contributed by atoms with Crippen LogP contribution in [-0.4, -0.2) is 44.3 Å². The van der Waals surface area contributed by atoms with Crippen LogP contribution in [0.15, 0.2) is 36.4 Å². The van der Waals surface area contributed by atoms with Gasteiger partial charge in [0.15, 0.2) is 0 Å². The van der Waals surface area contributed by atoms with Gasteiger partial charge in [-0.3, -0.25) is 0 Å². The van der Waals surface area contributed by atoms with E-state index >= 15 is 0 Å². The fourth-order valence-corrected chi connectivity index (χ4v) is 2.26. The van der Waals surface area contributed by atoms with Gasteiger partial charge in [0.25, 0.3) is 0 Å². The van der Waals surface area contributed by atoms with Crippen molar-refractivity contribution in [1.29, 1.82) is 0 Å². The molecular weight excluding hydrogens is 344 g/mol. The van der Waals surface area contributed by atoms with Crippen LogP contribution in [-0.2, 0) is 0 Å². The van der Waals surface area contributed by atoms with E-state index in [-0.39, 0.29) is 11.1 Å². The third kappa shape index (κ3) is 3.52. The van der Waals surface area contributed by atoms with Crippen LogP contribution < -0.4 is 0 Å². The zero-order valence-electron chi connectivity index (χ0n) is 12.9. The van der Waals surface area contributed by atoms with Gasteiger partial charge < -0.3 is 20.4 Å². The summed E-state index contributed by atoms with van der Waals surface area (Å²) in [5.74, 6) is -1.09. The van der Waals surface area contributed by atoms with Crippen molar-refractivity contribution in [1.82, 2.24) is 0 Å². The van der Waals surface area contributed by atoms with Gasteiger partial charge in [-0.15, -0.1) is 0 Å². The average molecular weight is 354 g/mol. The first-order valence-electron chi connectivity index (χ1n) is 6.95. The Bertz CT molecular complexity index is 928. The summed E-state index contributed by atoms with van der Waals surface area (Å²) >= 11 is 0. The highest BCUT2D eigenvalue weighted by atomic mass is 16.4. The summed E-state index contributed by atoms with van der Waals surface area (Å²) in [6.07, 6.45) is 0. The summed E-state index contributed by atoms with van der Waals surface area (Å²) < 4.78 is 0. The Balaban J connectivity index is 2.69. The number of hydrogen-bond acceptors (Lipinski definition) is 4. The first kappa shape index (κ1) is 18.2. The van der Waals surface area contributed by atoms with E-state index in [0.717, 1.165) is 12.1 Å². The standard InChI is InChI=1S/C18H10O8/c19-15(20)11-5-1-3-9(13(11)17(23)24)7-8-10-4-2-6-12(16(21)22)14(10)18(25)26/h1-6H,(H,19,20)(H,21,22)(H,23,24)(H,25,26). The Hall–Kier alpha value is -4.12. The van der Waals surface area contributed by atoms with Crippen LogP contribution in [0.2, 0.25) is 0 Å². The predicted octanol–water partition coefficient (Wildman–Crippen LogP) is 1.88. The molecule has 8 heteroatoms. The first-order chi connectivity index (χ1) is 12.2. The fourth-order valence-electron chi connectivity index (χ4n) is 2.26. The summed E-state index contributed by atoms with van der Waals surface area (Å²) in [5, 5.41) is 36.7. The Morgan fingerprint density at radius 2 is 0.923 bits per heavy atom. The van der Waals surface area contributed by atoms with Crippen LogP contribution in [0.5, 0.6) is 0 Å². The van der Waals surface area contributed by atoms with Crippen LogP contribution in [0.3, 0.4) is 0 Å². The van der Waals surface area contributed by atoms with Crippen LogP contribution in [0, 0.1) is 11.8 Å². The molecule has 0 fully saturated rings. The summed E-state index contributed by atoms with van der Waals surface area (Å²) in [5.41, 5.74) is -2.31. The van der Waals surface area contributed by atoms with Crippen molar-refractivity contribution in [3.8, 4) is 11.8 Å². The highest BCUT2D eigenvalue weighted by molar-refractivity contribution is 6.04. The van der Waals surface area contributed by atoms with E-state index in [1.54, 1.807) is 0 Å². The van der Waals surface area contributed by atoms with E-state index < -0.39 is 46.1 Å². The normalized spacial score (nSPS) is 9.69. The number of benzene rings is 2. The highest BCUT2D eigenvalue weighted by Gasteiger charge is 2.20. The van der Waals surface area contributed by atoms with Gasteiger partial charge in [-0.05, 0) is 24.3 Å². The molecular formula is C18H10O8. The van der Waals surface area contributed by atoms with Crippen LogP contribution in [0.4, 0.5) is 0 Å². The van der Waals surface area contributed by atoms with Gasteiger partial charge in [0.05, 0.1) is 22.3 Å². The summed E-state index contributed by atoms with van der Waals surface area (Å²) in [7, 11) is 0. The van der Waals surface area contributed by atoms with E-state index in [4.69, 9.17) is 10.2 Å². The lowest BCUT2D eigenvalue weighted by Gasteiger charge is -2.05. The van der Waals surface area contributed by atoms with Crippen molar-refractivity contribution >= 4 is 23.9 Å². The minimum Gasteiger partial charge on any atom is -0.478 e. The number of carbonyl (C=O) groups is 4. The van der Waals surface area contributed by atoms with Crippen molar-refractivity contribution < 1.29 is 39.6 Å². The van der Waals surface area contributed by atoms with E-state index in [9.17, 15) is 29.4 Å². The van der Waals surface area contributed by atoms with Gasteiger partial charge in [-0.2, -0.15) is 0 Å². The van der Waals surface area contributed by atoms with Gasteiger partial charge in [-0.1, -0.05) is 24.0 Å². The van der Waals surface area contributed by atoms with Crippen molar-refractivity contribution in [3.05, 3.63) is 69.8 Å². The van der Waals surface area contributed by atoms with Gasteiger partial charge in [-0.25, -0.2) is 19.2 Å². The highest BCUT2D eigenvalue weighted by Crippen LogP contribution is 2.17. The molecule has 2 aromatic rings. The second-order valence-electron chi connectivity index (χ2n) is 4.93. The van der Waals surface area contributed by atoms with Gasteiger partial charge >= 0.3 is 23.9 Å². The van der Waals surface area contributed by atoms with Crippen molar-refractivity contribution in [2.45, 2.75) is 0 Å². The quantitative estimate of drug-likeness (QED) is 0.608. The smallest absolute Gasteiger partial charge is 0.337 e. The molecule has 0 aliphatic heterocycles. The maximum atomic E-state index is 11.4. The Labute approximate surface area is 146 Å². The number of carboxylic acids is 4. The van der Waals surface area contributed by atoms with Crippen molar-refractivity contribution in [3.63, 3.8) is 0 Å². The molecule has 0 saturated heterocycles. The monoisotopic (exact) mass is 354 g/mol. The SMILES string of the molecule is O=C(O)c1cccc(C#Cc2cccc(C(=O)O)c2C(=O)O)c1C(=O)O. The first-order valence-corrected chi connectivity index (χ1v) is 6.95. The van der Waals surface area contributed by atoms with E-state index in [1.165, 1.54) is 24.3 Å². The molecule has 0 spiro atoms. The number of hydrogen-bond donors (Lipinski definition) is 4. The van der Waals surface area contributed by atoms with E-state index in [2.05, 4.69) is 11.8 Å². The molecule has 2 aromatic carbocycles. The summed E-state index contributed by atoms with van der Waals surface area (Å²) in [6.45, 7) is 0. The van der Waals surface area contributed by atoms with Crippen molar-refractivity contribution in [2.75, 3.05) is 0 Å². The maximum absolute atomic E-state index is 11.4. The molecule has 2 rings (SSSR count). The molecule has 26 heavy (non-hydrogen) atoms. The molecule has 0 radical (unpaired) electrons. The Kier molecular flexibility index (Phi) is 5.04. The number of rotatable bonds is 4. The third-order valence-electron chi connectivity index (χ3n) is 3.35. The molecule has 0 aliphatic rings. The zero-order valence-corrected chi connectivity index (χ0v) is 12.9. The van der Waals surface area contributed by atoms with Crippen molar-refractivity contribution in [2.24, 2.45) is 0 Å². The largest absolute Gasteiger partial charge is 0.478 e. The molecule has 0 atom stereocenters. The molecule has 4 N–H and O–H groups in total. The second kappa shape index (κ2) is 7.19.